The standard InChI is InChI=1S/C21H27N3O5S/c1-21(2,3)15-7-5-14(6-8-15)20(26)23-12-11-19(25)24-16-9-10-17(29-4)18(13-16)30(22,27)28/h5-10,13H,11-12H2,1-4H3,(H,23,26)(H,24,25)(H2,22,27,28). The van der Waals surface area contributed by atoms with Crippen LogP contribution in [0.1, 0.15) is 43.1 Å². The number of amides is 2. The molecular formula is C21H27N3O5S. The number of ether oxygens (including phenoxy) is 1. The molecule has 162 valence electrons. The third-order valence-corrected chi connectivity index (χ3v) is 5.34. The second kappa shape index (κ2) is 9.27. The van der Waals surface area contributed by atoms with Crippen LogP contribution >= 0.6 is 0 Å². The number of sulfonamides is 1. The Kier molecular flexibility index (Phi) is 7.22. The molecule has 2 amide bonds. The number of anilines is 1. The Bertz CT molecular complexity index is 1030. The fourth-order valence-corrected chi connectivity index (χ4v) is 3.44. The van der Waals surface area contributed by atoms with E-state index in [-0.39, 0.29) is 46.5 Å². The minimum absolute atomic E-state index is 0.00233. The van der Waals surface area contributed by atoms with Gasteiger partial charge in [0.25, 0.3) is 5.91 Å². The van der Waals surface area contributed by atoms with Crippen LogP contribution < -0.4 is 20.5 Å². The number of hydrogen-bond donors (Lipinski definition) is 3. The number of primary sulfonamides is 1. The highest BCUT2D eigenvalue weighted by molar-refractivity contribution is 7.89. The summed E-state index contributed by atoms with van der Waals surface area (Å²) >= 11 is 0. The van der Waals surface area contributed by atoms with Gasteiger partial charge in [-0.1, -0.05) is 32.9 Å². The van der Waals surface area contributed by atoms with Crippen LogP contribution in [0.25, 0.3) is 0 Å². The van der Waals surface area contributed by atoms with E-state index in [0.717, 1.165) is 5.56 Å². The average molecular weight is 434 g/mol. The van der Waals surface area contributed by atoms with Gasteiger partial charge in [0.05, 0.1) is 7.11 Å². The van der Waals surface area contributed by atoms with E-state index < -0.39 is 10.0 Å². The number of hydrogen-bond acceptors (Lipinski definition) is 5. The normalized spacial score (nSPS) is 11.6. The zero-order valence-corrected chi connectivity index (χ0v) is 18.3. The van der Waals surface area contributed by atoms with Gasteiger partial charge in [0.1, 0.15) is 10.6 Å². The SMILES string of the molecule is COc1ccc(NC(=O)CCNC(=O)c2ccc(C(C)(C)C)cc2)cc1S(N)(=O)=O. The summed E-state index contributed by atoms with van der Waals surface area (Å²) in [5.74, 6) is -0.576. The number of nitrogens with one attached hydrogen (secondary N) is 2. The van der Waals surface area contributed by atoms with Crippen LogP contribution in [0.3, 0.4) is 0 Å². The van der Waals surface area contributed by atoms with Gasteiger partial charge in [-0.25, -0.2) is 13.6 Å². The first-order chi connectivity index (χ1) is 13.9. The van der Waals surface area contributed by atoms with E-state index in [4.69, 9.17) is 9.88 Å². The van der Waals surface area contributed by atoms with Crippen molar-refractivity contribution in [2.75, 3.05) is 19.0 Å². The minimum atomic E-state index is -4.01. The molecule has 0 spiro atoms. The van der Waals surface area contributed by atoms with Crippen molar-refractivity contribution in [3.63, 3.8) is 0 Å². The molecule has 0 saturated heterocycles. The van der Waals surface area contributed by atoms with E-state index in [9.17, 15) is 18.0 Å². The van der Waals surface area contributed by atoms with Gasteiger partial charge < -0.3 is 15.4 Å². The molecule has 0 unspecified atom stereocenters. The van der Waals surface area contributed by atoms with Crippen molar-refractivity contribution < 1.29 is 22.7 Å². The van der Waals surface area contributed by atoms with Crippen molar-refractivity contribution in [2.24, 2.45) is 5.14 Å². The van der Waals surface area contributed by atoms with Crippen LogP contribution in [0.2, 0.25) is 0 Å². The topological polar surface area (TPSA) is 128 Å². The fraction of sp³-hybridized carbons (Fsp3) is 0.333. The molecule has 8 nitrogen and oxygen atoms in total. The lowest BCUT2D eigenvalue weighted by Gasteiger charge is -2.19. The zero-order valence-electron chi connectivity index (χ0n) is 17.5. The molecule has 0 aliphatic rings. The van der Waals surface area contributed by atoms with Crippen molar-refractivity contribution in [2.45, 2.75) is 37.5 Å². The number of carbonyl (C=O) groups is 2. The summed E-state index contributed by atoms with van der Waals surface area (Å²) < 4.78 is 28.3. The maximum absolute atomic E-state index is 12.2. The molecule has 0 aliphatic heterocycles. The summed E-state index contributed by atoms with van der Waals surface area (Å²) in [6.07, 6.45) is 0.0164. The highest BCUT2D eigenvalue weighted by Crippen LogP contribution is 2.26. The van der Waals surface area contributed by atoms with E-state index in [1.807, 2.05) is 12.1 Å². The maximum Gasteiger partial charge on any atom is 0.251 e. The number of nitrogens with two attached hydrogens (primary N) is 1. The smallest absolute Gasteiger partial charge is 0.251 e. The molecule has 2 aromatic rings. The number of rotatable bonds is 7. The molecular weight excluding hydrogens is 406 g/mol. The summed E-state index contributed by atoms with van der Waals surface area (Å²) in [6.45, 7) is 6.41. The molecule has 0 aliphatic carbocycles. The van der Waals surface area contributed by atoms with Crippen molar-refractivity contribution >= 4 is 27.5 Å². The van der Waals surface area contributed by atoms with Gasteiger partial charge in [-0.3, -0.25) is 9.59 Å². The second-order valence-corrected chi connectivity index (χ2v) is 9.32. The van der Waals surface area contributed by atoms with Crippen LogP contribution in [-0.4, -0.2) is 33.9 Å². The highest BCUT2D eigenvalue weighted by atomic mass is 32.2. The van der Waals surface area contributed by atoms with Crippen molar-refractivity contribution in [1.29, 1.82) is 0 Å². The van der Waals surface area contributed by atoms with Gasteiger partial charge in [0.2, 0.25) is 15.9 Å². The molecule has 2 aromatic carbocycles. The Morgan fingerprint density at radius 3 is 2.23 bits per heavy atom. The first kappa shape index (κ1) is 23.4. The monoisotopic (exact) mass is 433 g/mol. The van der Waals surface area contributed by atoms with Gasteiger partial charge in [0.15, 0.2) is 0 Å². The van der Waals surface area contributed by atoms with Crippen molar-refractivity contribution in [3.05, 3.63) is 53.6 Å². The zero-order chi connectivity index (χ0) is 22.5. The summed E-state index contributed by atoms with van der Waals surface area (Å²) in [7, 11) is -2.69. The van der Waals surface area contributed by atoms with Gasteiger partial charge in [-0.05, 0) is 41.3 Å². The molecule has 2 rings (SSSR count). The molecule has 30 heavy (non-hydrogen) atoms. The van der Waals surface area contributed by atoms with Crippen molar-refractivity contribution in [3.8, 4) is 5.75 Å². The molecule has 9 heteroatoms. The van der Waals surface area contributed by atoms with Crippen LogP contribution in [0.5, 0.6) is 5.75 Å². The molecule has 0 atom stereocenters. The molecule has 4 N–H and O–H groups in total. The summed E-state index contributed by atoms with van der Waals surface area (Å²) in [6, 6.07) is 11.5. The van der Waals surface area contributed by atoms with Gasteiger partial charge in [0, 0.05) is 24.2 Å². The van der Waals surface area contributed by atoms with E-state index in [2.05, 4.69) is 31.4 Å². The average Bonchev–Trinajstić information content (AvgIpc) is 2.66. The van der Waals surface area contributed by atoms with Crippen molar-refractivity contribution in [1.82, 2.24) is 5.32 Å². The highest BCUT2D eigenvalue weighted by Gasteiger charge is 2.17. The van der Waals surface area contributed by atoms with Gasteiger partial charge in [-0.15, -0.1) is 0 Å². The van der Waals surface area contributed by atoms with Crippen LogP contribution in [0.15, 0.2) is 47.4 Å². The molecule has 0 heterocycles. The van der Waals surface area contributed by atoms with E-state index in [1.54, 1.807) is 12.1 Å². The van der Waals surface area contributed by atoms with Crippen LogP contribution in [0, 0.1) is 0 Å². The van der Waals surface area contributed by atoms with Gasteiger partial charge in [-0.2, -0.15) is 0 Å². The molecule has 0 aromatic heterocycles. The number of methoxy groups -OCH3 is 1. The first-order valence-electron chi connectivity index (χ1n) is 9.31. The quantitative estimate of drug-likeness (QED) is 0.618. The van der Waals surface area contributed by atoms with Crippen LogP contribution in [0.4, 0.5) is 5.69 Å². The third-order valence-electron chi connectivity index (χ3n) is 4.40. The molecule has 0 fully saturated rings. The summed E-state index contributed by atoms with van der Waals surface area (Å²) in [5.41, 5.74) is 1.89. The van der Waals surface area contributed by atoms with E-state index >= 15 is 0 Å². The molecule has 0 saturated carbocycles. The summed E-state index contributed by atoms with van der Waals surface area (Å²) in [4.78, 5) is 24.1. The maximum atomic E-state index is 12.2. The predicted molar refractivity (Wildman–Crippen MR) is 115 cm³/mol. The lowest BCUT2D eigenvalue weighted by atomic mass is 9.87. The minimum Gasteiger partial charge on any atom is -0.495 e. The lowest BCUT2D eigenvalue weighted by molar-refractivity contribution is -0.116. The number of benzene rings is 2. The predicted octanol–water partition coefficient (Wildman–Crippen LogP) is 2.40. The lowest BCUT2D eigenvalue weighted by Crippen LogP contribution is -2.27. The Labute approximate surface area is 176 Å². The Morgan fingerprint density at radius 1 is 1.07 bits per heavy atom. The van der Waals surface area contributed by atoms with E-state index in [1.165, 1.54) is 25.3 Å². The second-order valence-electron chi connectivity index (χ2n) is 7.79. The fourth-order valence-electron chi connectivity index (χ4n) is 2.71. The Hall–Kier alpha value is -2.91. The van der Waals surface area contributed by atoms with Crippen LogP contribution in [-0.2, 0) is 20.2 Å². The third kappa shape index (κ3) is 6.30. The first-order valence-corrected chi connectivity index (χ1v) is 10.9. The van der Waals surface area contributed by atoms with Gasteiger partial charge >= 0.3 is 0 Å². The Balaban J connectivity index is 1.91. The summed E-state index contributed by atoms with van der Waals surface area (Å²) in [5, 5.41) is 10.4. The Morgan fingerprint density at radius 2 is 1.70 bits per heavy atom. The largest absolute Gasteiger partial charge is 0.495 e. The molecule has 0 radical (unpaired) electrons. The van der Waals surface area contributed by atoms with E-state index in [0.29, 0.717) is 5.56 Å². The molecule has 0 bridgehead atoms. The number of carbonyl (C=O) groups excluding carboxylic acids is 2.